The molecule has 0 saturated carbocycles. The number of halogens is 2. The van der Waals surface area contributed by atoms with E-state index < -0.39 is 5.92 Å². The van der Waals surface area contributed by atoms with Gasteiger partial charge in [-0.15, -0.1) is 0 Å². The topological polar surface area (TPSA) is 87.7 Å². The zero-order valence-corrected chi connectivity index (χ0v) is 21.9. The van der Waals surface area contributed by atoms with E-state index in [9.17, 15) is 14.4 Å². The summed E-state index contributed by atoms with van der Waals surface area (Å²) in [6.07, 6.45) is 0.153. The first kappa shape index (κ1) is 25.7. The highest BCUT2D eigenvalue weighted by Gasteiger charge is 2.35. The molecular weight excluding hydrogens is 546 g/mol. The van der Waals surface area contributed by atoms with Crippen molar-refractivity contribution < 1.29 is 19.1 Å². The van der Waals surface area contributed by atoms with Crippen LogP contribution in [0, 0.1) is 12.8 Å². The molecule has 3 amide bonds. The molecule has 0 aliphatic carbocycles. The van der Waals surface area contributed by atoms with Crippen LogP contribution < -0.4 is 20.3 Å². The van der Waals surface area contributed by atoms with E-state index in [1.807, 2.05) is 37.3 Å². The lowest BCUT2D eigenvalue weighted by Gasteiger charge is -2.17. The van der Waals surface area contributed by atoms with Crippen LogP contribution in [0.25, 0.3) is 0 Å². The lowest BCUT2D eigenvalue weighted by molar-refractivity contribution is -0.126. The fourth-order valence-electron chi connectivity index (χ4n) is 3.86. The Morgan fingerprint density at radius 1 is 1.08 bits per heavy atom. The van der Waals surface area contributed by atoms with Crippen molar-refractivity contribution in [2.24, 2.45) is 5.92 Å². The number of hydrogen-bond donors (Lipinski definition) is 2. The van der Waals surface area contributed by atoms with Crippen LogP contribution in [0.5, 0.6) is 5.75 Å². The minimum atomic E-state index is -0.424. The molecule has 0 unspecified atom stereocenters. The summed E-state index contributed by atoms with van der Waals surface area (Å²) >= 11 is 9.32. The molecule has 36 heavy (non-hydrogen) atoms. The zero-order chi connectivity index (χ0) is 25.7. The number of hydrogen-bond acceptors (Lipinski definition) is 4. The van der Waals surface area contributed by atoms with Gasteiger partial charge in [0.25, 0.3) is 5.91 Å². The van der Waals surface area contributed by atoms with Crippen LogP contribution >= 0.6 is 27.5 Å². The Labute approximate surface area is 222 Å². The summed E-state index contributed by atoms with van der Waals surface area (Å²) in [5.74, 6) is -0.466. The second-order valence-corrected chi connectivity index (χ2v) is 9.84. The number of aryl methyl sites for hydroxylation is 1. The molecule has 4 rings (SSSR count). The van der Waals surface area contributed by atoms with Gasteiger partial charge in [0.05, 0.1) is 5.92 Å². The van der Waals surface area contributed by atoms with Crippen LogP contribution in [0.3, 0.4) is 0 Å². The van der Waals surface area contributed by atoms with Gasteiger partial charge in [-0.05, 0) is 72.6 Å². The van der Waals surface area contributed by atoms with E-state index in [-0.39, 0.29) is 30.7 Å². The number of benzene rings is 3. The molecule has 3 aromatic carbocycles. The van der Waals surface area contributed by atoms with Crippen molar-refractivity contribution in [1.29, 1.82) is 0 Å². The van der Waals surface area contributed by atoms with Gasteiger partial charge in [0.15, 0.2) is 6.61 Å². The summed E-state index contributed by atoms with van der Waals surface area (Å²) in [5, 5.41) is 6.33. The molecule has 1 aliphatic rings. The van der Waals surface area contributed by atoms with Gasteiger partial charge < -0.3 is 20.3 Å². The number of nitrogens with one attached hydrogen (secondary N) is 2. The summed E-state index contributed by atoms with van der Waals surface area (Å²) in [5.41, 5.74) is 3.32. The SMILES string of the molecule is Cc1cc(NC(=O)COc2ccc(N3C[C@@H](C(=O)NCc4ccc(Cl)cc4)CC3=O)cc2)ccc1Br. The van der Waals surface area contributed by atoms with Crippen molar-refractivity contribution in [3.8, 4) is 5.75 Å². The van der Waals surface area contributed by atoms with E-state index in [2.05, 4.69) is 26.6 Å². The number of rotatable bonds is 8. The van der Waals surface area contributed by atoms with Gasteiger partial charge in [0.2, 0.25) is 11.8 Å². The second kappa shape index (κ2) is 11.6. The molecule has 7 nitrogen and oxygen atoms in total. The summed E-state index contributed by atoms with van der Waals surface area (Å²) in [7, 11) is 0. The Morgan fingerprint density at radius 2 is 1.81 bits per heavy atom. The number of ether oxygens (including phenoxy) is 1. The highest BCUT2D eigenvalue weighted by atomic mass is 79.9. The Hall–Kier alpha value is -3.36. The maximum Gasteiger partial charge on any atom is 0.262 e. The molecule has 0 radical (unpaired) electrons. The van der Waals surface area contributed by atoms with Crippen molar-refractivity contribution in [3.05, 3.63) is 87.4 Å². The third-order valence-corrected chi connectivity index (χ3v) is 6.98. The van der Waals surface area contributed by atoms with Crippen LogP contribution in [-0.4, -0.2) is 30.9 Å². The molecule has 0 aromatic heterocycles. The molecule has 1 saturated heterocycles. The second-order valence-electron chi connectivity index (χ2n) is 8.54. The predicted octanol–water partition coefficient (Wildman–Crippen LogP) is 5.10. The standard InChI is InChI=1S/C27H25BrClN3O4/c1-17-12-21(6-11-24(17)28)31-25(33)16-36-23-9-7-22(8-10-23)32-15-19(13-26(32)34)27(35)30-14-18-2-4-20(29)5-3-18/h2-12,19H,13-16H2,1H3,(H,30,35)(H,31,33)/t19-/m0/s1. The Kier molecular flexibility index (Phi) is 8.28. The highest BCUT2D eigenvalue weighted by Crippen LogP contribution is 2.27. The van der Waals surface area contributed by atoms with Gasteiger partial charge in [0, 0.05) is 40.4 Å². The van der Waals surface area contributed by atoms with E-state index in [1.54, 1.807) is 41.3 Å². The first-order valence-electron chi connectivity index (χ1n) is 11.4. The number of carbonyl (C=O) groups is 3. The maximum atomic E-state index is 12.6. The summed E-state index contributed by atoms with van der Waals surface area (Å²) < 4.78 is 6.55. The molecule has 1 heterocycles. The Morgan fingerprint density at radius 3 is 2.50 bits per heavy atom. The minimum Gasteiger partial charge on any atom is -0.484 e. The van der Waals surface area contributed by atoms with Crippen LogP contribution in [0.15, 0.2) is 71.2 Å². The summed E-state index contributed by atoms with van der Waals surface area (Å²) in [6.45, 7) is 2.48. The average Bonchev–Trinajstić information content (AvgIpc) is 3.26. The van der Waals surface area contributed by atoms with Crippen molar-refractivity contribution >= 4 is 56.6 Å². The molecule has 2 N–H and O–H groups in total. The van der Waals surface area contributed by atoms with E-state index in [1.165, 1.54) is 0 Å². The largest absolute Gasteiger partial charge is 0.484 e. The van der Waals surface area contributed by atoms with Crippen molar-refractivity contribution in [1.82, 2.24) is 5.32 Å². The molecule has 0 bridgehead atoms. The van der Waals surface area contributed by atoms with E-state index >= 15 is 0 Å². The Balaban J connectivity index is 1.26. The van der Waals surface area contributed by atoms with Crippen molar-refractivity contribution in [2.75, 3.05) is 23.4 Å². The summed E-state index contributed by atoms with van der Waals surface area (Å²) in [6, 6.07) is 19.7. The lowest BCUT2D eigenvalue weighted by Crippen LogP contribution is -2.32. The number of nitrogens with zero attached hydrogens (tertiary/aromatic N) is 1. The molecule has 186 valence electrons. The van der Waals surface area contributed by atoms with Gasteiger partial charge in [0.1, 0.15) is 5.75 Å². The van der Waals surface area contributed by atoms with Gasteiger partial charge in [-0.3, -0.25) is 14.4 Å². The third-order valence-electron chi connectivity index (χ3n) is 5.84. The van der Waals surface area contributed by atoms with Crippen LogP contribution in [0.2, 0.25) is 5.02 Å². The van der Waals surface area contributed by atoms with E-state index in [4.69, 9.17) is 16.3 Å². The molecule has 3 aromatic rings. The van der Waals surface area contributed by atoms with Gasteiger partial charge in [-0.2, -0.15) is 0 Å². The average molecular weight is 571 g/mol. The van der Waals surface area contributed by atoms with Gasteiger partial charge in [-0.1, -0.05) is 39.7 Å². The molecule has 1 fully saturated rings. The molecule has 1 atom stereocenters. The van der Waals surface area contributed by atoms with Crippen LogP contribution in [0.1, 0.15) is 17.5 Å². The first-order valence-corrected chi connectivity index (χ1v) is 12.6. The fraction of sp³-hybridized carbons (Fsp3) is 0.222. The fourth-order valence-corrected chi connectivity index (χ4v) is 4.23. The van der Waals surface area contributed by atoms with Gasteiger partial charge in [-0.25, -0.2) is 0 Å². The van der Waals surface area contributed by atoms with Crippen molar-refractivity contribution in [2.45, 2.75) is 19.9 Å². The monoisotopic (exact) mass is 569 g/mol. The first-order chi connectivity index (χ1) is 17.3. The van der Waals surface area contributed by atoms with E-state index in [0.717, 1.165) is 15.6 Å². The molecule has 1 aliphatic heterocycles. The van der Waals surface area contributed by atoms with Crippen LogP contribution in [0.4, 0.5) is 11.4 Å². The summed E-state index contributed by atoms with van der Waals surface area (Å²) in [4.78, 5) is 39.0. The maximum absolute atomic E-state index is 12.6. The van der Waals surface area contributed by atoms with Gasteiger partial charge >= 0.3 is 0 Å². The number of carbonyl (C=O) groups excluding carboxylic acids is 3. The highest BCUT2D eigenvalue weighted by molar-refractivity contribution is 9.10. The normalized spacial score (nSPS) is 15.0. The van der Waals surface area contributed by atoms with Crippen molar-refractivity contribution in [3.63, 3.8) is 0 Å². The van der Waals surface area contributed by atoms with Crippen LogP contribution in [-0.2, 0) is 20.9 Å². The lowest BCUT2D eigenvalue weighted by atomic mass is 10.1. The van der Waals surface area contributed by atoms with E-state index in [0.29, 0.717) is 35.2 Å². The number of anilines is 2. The Bertz CT molecular complexity index is 1270. The third kappa shape index (κ3) is 6.65. The zero-order valence-electron chi connectivity index (χ0n) is 19.6. The number of amides is 3. The quantitative estimate of drug-likeness (QED) is 0.395. The minimum absolute atomic E-state index is 0.112. The molecular formula is C27H25BrClN3O4. The smallest absolute Gasteiger partial charge is 0.262 e. The molecule has 9 heteroatoms. The predicted molar refractivity (Wildman–Crippen MR) is 143 cm³/mol. The molecule has 0 spiro atoms.